The fraction of sp³-hybridized carbons (Fsp3) is 0.500. The fourth-order valence-corrected chi connectivity index (χ4v) is 1.76. The van der Waals surface area contributed by atoms with Crippen molar-refractivity contribution in [2.75, 3.05) is 7.11 Å². The summed E-state index contributed by atoms with van der Waals surface area (Å²) in [6.45, 7) is 4.15. The van der Waals surface area contributed by atoms with E-state index in [9.17, 15) is 4.79 Å². The molecule has 0 aliphatic rings. The number of carbonyl (C=O) groups excluding carboxylic acids is 1. The molecule has 0 saturated heterocycles. The molecule has 1 aromatic carbocycles. The Morgan fingerprint density at radius 1 is 1.35 bits per heavy atom. The second-order valence-electron chi connectivity index (χ2n) is 4.28. The van der Waals surface area contributed by atoms with E-state index in [-0.39, 0.29) is 11.9 Å². The number of benzene rings is 1. The molecule has 0 aliphatic carbocycles. The maximum atomic E-state index is 11.7. The van der Waals surface area contributed by atoms with Crippen molar-refractivity contribution in [2.24, 2.45) is 0 Å². The van der Waals surface area contributed by atoms with Crippen molar-refractivity contribution in [3.63, 3.8) is 0 Å². The Kier molecular flexibility index (Phi) is 5.53. The van der Waals surface area contributed by atoms with E-state index in [1.54, 1.807) is 7.11 Å². The van der Waals surface area contributed by atoms with E-state index in [1.165, 1.54) is 0 Å². The summed E-state index contributed by atoms with van der Waals surface area (Å²) < 4.78 is 5.07. The number of rotatable bonds is 6. The number of hydrogen-bond donors (Lipinski definition) is 1. The van der Waals surface area contributed by atoms with Crippen molar-refractivity contribution in [1.29, 1.82) is 0 Å². The molecule has 1 amide bonds. The third-order valence-electron chi connectivity index (χ3n) is 2.65. The monoisotopic (exact) mass is 235 g/mol. The third-order valence-corrected chi connectivity index (χ3v) is 2.65. The highest BCUT2D eigenvalue weighted by molar-refractivity contribution is 5.78. The van der Waals surface area contributed by atoms with Gasteiger partial charge in [-0.2, -0.15) is 0 Å². The predicted octanol–water partition coefficient (Wildman–Crippen LogP) is 2.54. The zero-order chi connectivity index (χ0) is 12.7. The van der Waals surface area contributed by atoms with Gasteiger partial charge >= 0.3 is 0 Å². The molecule has 1 N–H and O–H groups in total. The van der Waals surface area contributed by atoms with Crippen LogP contribution in [0.5, 0.6) is 5.75 Å². The first kappa shape index (κ1) is 13.6. The molecule has 3 nitrogen and oxygen atoms in total. The first-order valence-corrected chi connectivity index (χ1v) is 6.08. The minimum atomic E-state index is 0.0797. The van der Waals surface area contributed by atoms with Gasteiger partial charge in [-0.15, -0.1) is 0 Å². The Morgan fingerprint density at radius 3 is 2.53 bits per heavy atom. The summed E-state index contributed by atoms with van der Waals surface area (Å²) >= 11 is 0. The van der Waals surface area contributed by atoms with Gasteiger partial charge in [0, 0.05) is 6.04 Å². The lowest BCUT2D eigenvalue weighted by Gasteiger charge is -2.12. The molecule has 1 rings (SSSR count). The van der Waals surface area contributed by atoms with Crippen LogP contribution in [0.4, 0.5) is 0 Å². The van der Waals surface area contributed by atoms with E-state index in [0.717, 1.165) is 24.2 Å². The normalized spacial score (nSPS) is 11.9. The van der Waals surface area contributed by atoms with Crippen molar-refractivity contribution < 1.29 is 9.53 Å². The van der Waals surface area contributed by atoms with Crippen LogP contribution >= 0.6 is 0 Å². The number of carbonyl (C=O) groups is 1. The van der Waals surface area contributed by atoms with Crippen LogP contribution in [0.2, 0.25) is 0 Å². The van der Waals surface area contributed by atoms with Crippen LogP contribution in [0.3, 0.4) is 0 Å². The lowest BCUT2D eigenvalue weighted by Crippen LogP contribution is -2.33. The Labute approximate surface area is 103 Å². The van der Waals surface area contributed by atoms with E-state index in [2.05, 4.69) is 12.2 Å². The molecule has 0 saturated carbocycles. The topological polar surface area (TPSA) is 38.3 Å². The van der Waals surface area contributed by atoms with Crippen LogP contribution in [0.25, 0.3) is 0 Å². The maximum absolute atomic E-state index is 11.7. The summed E-state index contributed by atoms with van der Waals surface area (Å²) in [6, 6.07) is 7.84. The highest BCUT2D eigenvalue weighted by Gasteiger charge is 2.07. The summed E-state index contributed by atoms with van der Waals surface area (Å²) in [5.41, 5.74) is 1.01. The molecule has 0 fully saturated rings. The Balaban J connectivity index is 2.44. The van der Waals surface area contributed by atoms with Gasteiger partial charge in [0.1, 0.15) is 5.75 Å². The van der Waals surface area contributed by atoms with Gasteiger partial charge in [0.05, 0.1) is 13.5 Å². The first-order valence-electron chi connectivity index (χ1n) is 6.08. The second-order valence-corrected chi connectivity index (χ2v) is 4.28. The van der Waals surface area contributed by atoms with E-state index < -0.39 is 0 Å². The van der Waals surface area contributed by atoms with Crippen LogP contribution in [-0.4, -0.2) is 19.1 Å². The molecule has 1 atom stereocenters. The van der Waals surface area contributed by atoms with Crippen molar-refractivity contribution in [3.05, 3.63) is 29.8 Å². The van der Waals surface area contributed by atoms with Gasteiger partial charge in [-0.05, 0) is 31.0 Å². The van der Waals surface area contributed by atoms with Crippen molar-refractivity contribution in [3.8, 4) is 5.75 Å². The molecule has 0 radical (unpaired) electrons. The number of methoxy groups -OCH3 is 1. The Morgan fingerprint density at radius 2 is 2.00 bits per heavy atom. The molecule has 0 bridgehead atoms. The highest BCUT2D eigenvalue weighted by atomic mass is 16.5. The van der Waals surface area contributed by atoms with Crippen molar-refractivity contribution >= 4 is 5.91 Å². The summed E-state index contributed by atoms with van der Waals surface area (Å²) in [7, 11) is 1.63. The standard InChI is InChI=1S/C14H21NO2/c1-4-5-11(2)15-14(16)10-12-6-8-13(17-3)9-7-12/h6-9,11H,4-5,10H2,1-3H3,(H,15,16)/t11-/m0/s1. The molecule has 0 unspecified atom stereocenters. The average Bonchev–Trinajstić information content (AvgIpc) is 2.30. The van der Waals surface area contributed by atoms with Crippen LogP contribution in [0, 0.1) is 0 Å². The number of ether oxygens (including phenoxy) is 1. The summed E-state index contributed by atoms with van der Waals surface area (Å²) in [6.07, 6.45) is 2.54. The SMILES string of the molecule is CCC[C@H](C)NC(=O)Cc1ccc(OC)cc1. The quantitative estimate of drug-likeness (QED) is 0.823. The average molecular weight is 235 g/mol. The molecular weight excluding hydrogens is 214 g/mol. The molecule has 1 aromatic rings. The molecule has 3 heteroatoms. The van der Waals surface area contributed by atoms with Crippen molar-refractivity contribution in [1.82, 2.24) is 5.32 Å². The van der Waals surface area contributed by atoms with Gasteiger partial charge < -0.3 is 10.1 Å². The number of nitrogens with one attached hydrogen (secondary N) is 1. The second kappa shape index (κ2) is 6.94. The third kappa shape index (κ3) is 4.89. The minimum Gasteiger partial charge on any atom is -0.497 e. The molecule has 0 heterocycles. The van der Waals surface area contributed by atoms with Gasteiger partial charge in [0.2, 0.25) is 5.91 Å². The minimum absolute atomic E-state index is 0.0797. The van der Waals surface area contributed by atoms with E-state index in [1.807, 2.05) is 31.2 Å². The van der Waals surface area contributed by atoms with Crippen LogP contribution in [0.1, 0.15) is 32.3 Å². The van der Waals surface area contributed by atoms with E-state index in [4.69, 9.17) is 4.74 Å². The van der Waals surface area contributed by atoms with Gasteiger partial charge in [-0.25, -0.2) is 0 Å². The summed E-state index contributed by atoms with van der Waals surface area (Å²) in [4.78, 5) is 11.7. The lowest BCUT2D eigenvalue weighted by molar-refractivity contribution is -0.121. The smallest absolute Gasteiger partial charge is 0.224 e. The van der Waals surface area contributed by atoms with Crippen LogP contribution < -0.4 is 10.1 Å². The molecule has 0 aliphatic heterocycles. The Bertz CT molecular complexity index is 346. The number of amides is 1. The van der Waals surface area contributed by atoms with Gasteiger partial charge in [-0.3, -0.25) is 4.79 Å². The molecule has 17 heavy (non-hydrogen) atoms. The Hall–Kier alpha value is -1.51. The highest BCUT2D eigenvalue weighted by Crippen LogP contribution is 2.11. The lowest BCUT2D eigenvalue weighted by atomic mass is 10.1. The van der Waals surface area contributed by atoms with E-state index in [0.29, 0.717) is 6.42 Å². The molecule has 94 valence electrons. The maximum Gasteiger partial charge on any atom is 0.224 e. The first-order chi connectivity index (χ1) is 8.15. The fourth-order valence-electron chi connectivity index (χ4n) is 1.76. The largest absolute Gasteiger partial charge is 0.497 e. The summed E-state index contributed by atoms with van der Waals surface area (Å²) in [5, 5.41) is 2.99. The van der Waals surface area contributed by atoms with Crippen LogP contribution in [0.15, 0.2) is 24.3 Å². The number of hydrogen-bond acceptors (Lipinski definition) is 2. The van der Waals surface area contributed by atoms with Crippen LogP contribution in [-0.2, 0) is 11.2 Å². The molecule has 0 spiro atoms. The molecule has 0 aromatic heterocycles. The van der Waals surface area contributed by atoms with E-state index >= 15 is 0 Å². The van der Waals surface area contributed by atoms with Gasteiger partial charge in [-0.1, -0.05) is 25.5 Å². The molecular formula is C14H21NO2. The predicted molar refractivity (Wildman–Crippen MR) is 69.2 cm³/mol. The van der Waals surface area contributed by atoms with Gasteiger partial charge in [0.25, 0.3) is 0 Å². The van der Waals surface area contributed by atoms with Gasteiger partial charge in [0.15, 0.2) is 0 Å². The van der Waals surface area contributed by atoms with Crippen molar-refractivity contribution in [2.45, 2.75) is 39.2 Å². The zero-order valence-corrected chi connectivity index (χ0v) is 10.8. The zero-order valence-electron chi connectivity index (χ0n) is 10.8. The summed E-state index contributed by atoms with van der Waals surface area (Å²) in [5.74, 6) is 0.893.